The summed E-state index contributed by atoms with van der Waals surface area (Å²) >= 11 is 1.75. The molecule has 1 aliphatic heterocycles. The lowest BCUT2D eigenvalue weighted by Crippen LogP contribution is -2.37. The fraction of sp³-hybridized carbons (Fsp3) is 0.300. The Morgan fingerprint density at radius 2 is 1.81 bits per heavy atom. The highest BCUT2D eigenvalue weighted by atomic mass is 32.1. The second-order valence-electron chi connectivity index (χ2n) is 9.17. The topological polar surface area (TPSA) is 62.2 Å². The highest BCUT2D eigenvalue weighted by Crippen LogP contribution is 2.36. The summed E-state index contributed by atoms with van der Waals surface area (Å²) in [5, 5.41) is 13.0. The molecule has 2 heterocycles. The first-order chi connectivity index (χ1) is 18.2. The molecule has 0 saturated carbocycles. The van der Waals surface area contributed by atoms with Gasteiger partial charge in [0.05, 0.1) is 19.8 Å². The monoisotopic (exact) mass is 516 g/mol. The van der Waals surface area contributed by atoms with Gasteiger partial charge in [0.25, 0.3) is 5.91 Å². The Labute approximate surface area is 221 Å². The Morgan fingerprint density at radius 1 is 1.03 bits per heavy atom. The fourth-order valence-electron chi connectivity index (χ4n) is 4.66. The van der Waals surface area contributed by atoms with Gasteiger partial charge in [0.1, 0.15) is 5.75 Å². The van der Waals surface area contributed by atoms with E-state index in [-0.39, 0.29) is 25.7 Å². The molecule has 1 saturated heterocycles. The van der Waals surface area contributed by atoms with E-state index in [4.69, 9.17) is 9.47 Å². The number of amides is 1. The molecule has 0 atom stereocenters. The molecular weight excluding hydrogens is 484 g/mol. The van der Waals surface area contributed by atoms with Gasteiger partial charge >= 0.3 is 0 Å². The van der Waals surface area contributed by atoms with Crippen molar-refractivity contribution in [2.75, 3.05) is 46.1 Å². The van der Waals surface area contributed by atoms with E-state index >= 15 is 0 Å². The number of morpholine rings is 1. The van der Waals surface area contributed by atoms with Crippen molar-refractivity contribution in [3.05, 3.63) is 89.3 Å². The van der Waals surface area contributed by atoms with Gasteiger partial charge in [-0.1, -0.05) is 54.6 Å². The molecule has 7 heteroatoms. The molecule has 0 spiro atoms. The van der Waals surface area contributed by atoms with Crippen molar-refractivity contribution in [3.63, 3.8) is 0 Å². The highest BCUT2D eigenvalue weighted by Gasteiger charge is 2.18. The fourth-order valence-corrected chi connectivity index (χ4v) is 5.63. The number of thiophene rings is 1. The standard InChI is InChI=1S/C30H32N2O4S/c33-15-12-32(19-23-6-2-1-3-7-23)30(34)21-36-28-11-10-24(18-25(28)20-31-13-16-35-17-14-31)27-22-37-29-9-5-4-8-26(27)29/h1-11,18,22,33H,12-17,19-21H2. The first-order valence-corrected chi connectivity index (χ1v) is 13.5. The zero-order valence-corrected chi connectivity index (χ0v) is 21.7. The van der Waals surface area contributed by atoms with E-state index in [0.717, 1.165) is 49.5 Å². The maximum Gasteiger partial charge on any atom is 0.260 e. The summed E-state index contributed by atoms with van der Waals surface area (Å²) in [4.78, 5) is 17.1. The van der Waals surface area contributed by atoms with Crippen molar-refractivity contribution in [3.8, 4) is 16.9 Å². The van der Waals surface area contributed by atoms with Gasteiger partial charge in [-0.2, -0.15) is 0 Å². The van der Waals surface area contributed by atoms with Crippen LogP contribution in [-0.4, -0.2) is 66.9 Å². The van der Waals surface area contributed by atoms with Crippen molar-refractivity contribution < 1.29 is 19.4 Å². The third-order valence-corrected chi connectivity index (χ3v) is 7.60. The van der Waals surface area contributed by atoms with E-state index in [1.165, 1.54) is 15.6 Å². The van der Waals surface area contributed by atoms with Crippen molar-refractivity contribution in [1.29, 1.82) is 0 Å². The molecule has 1 N–H and O–H groups in total. The Bertz CT molecular complexity index is 1320. The van der Waals surface area contributed by atoms with E-state index in [2.05, 4.69) is 46.7 Å². The zero-order valence-electron chi connectivity index (χ0n) is 20.8. The average Bonchev–Trinajstić information content (AvgIpc) is 3.37. The van der Waals surface area contributed by atoms with Gasteiger partial charge in [-0.3, -0.25) is 9.69 Å². The van der Waals surface area contributed by atoms with Gasteiger partial charge in [0.15, 0.2) is 6.61 Å². The Morgan fingerprint density at radius 3 is 2.62 bits per heavy atom. The summed E-state index contributed by atoms with van der Waals surface area (Å²) in [6, 6.07) is 24.5. The van der Waals surface area contributed by atoms with E-state index in [0.29, 0.717) is 12.3 Å². The van der Waals surface area contributed by atoms with Gasteiger partial charge in [-0.05, 0) is 34.7 Å². The van der Waals surface area contributed by atoms with Crippen molar-refractivity contribution in [1.82, 2.24) is 9.80 Å². The predicted octanol–water partition coefficient (Wildman–Crippen LogP) is 4.80. The Balaban J connectivity index is 1.36. The van der Waals surface area contributed by atoms with Crippen molar-refractivity contribution >= 4 is 27.3 Å². The number of carbonyl (C=O) groups is 1. The molecule has 0 bridgehead atoms. The summed E-state index contributed by atoms with van der Waals surface area (Å²) in [5.41, 5.74) is 4.43. The van der Waals surface area contributed by atoms with Gasteiger partial charge in [-0.15, -0.1) is 11.3 Å². The molecule has 192 valence electrons. The lowest BCUT2D eigenvalue weighted by molar-refractivity contribution is -0.134. The van der Waals surface area contributed by atoms with Crippen LogP contribution in [0.4, 0.5) is 0 Å². The SMILES string of the molecule is O=C(COc1ccc(-c2csc3ccccc23)cc1CN1CCOCC1)N(CCO)Cc1ccccc1. The largest absolute Gasteiger partial charge is 0.483 e. The van der Waals surface area contributed by atoms with Crippen LogP contribution in [0.2, 0.25) is 0 Å². The minimum absolute atomic E-state index is 0.0797. The van der Waals surface area contributed by atoms with Crippen LogP contribution in [-0.2, 0) is 22.6 Å². The molecule has 3 aromatic carbocycles. The van der Waals surface area contributed by atoms with E-state index in [9.17, 15) is 9.90 Å². The number of benzene rings is 3. The molecule has 1 amide bonds. The van der Waals surface area contributed by atoms with Crippen LogP contribution in [0.5, 0.6) is 5.75 Å². The second kappa shape index (κ2) is 12.3. The van der Waals surface area contributed by atoms with E-state index in [1.54, 1.807) is 16.2 Å². The summed E-state index contributed by atoms with van der Waals surface area (Å²) in [6.45, 7) is 4.44. The maximum atomic E-state index is 13.1. The molecule has 0 aliphatic carbocycles. The molecule has 1 aliphatic rings. The summed E-state index contributed by atoms with van der Waals surface area (Å²) < 4.78 is 12.9. The predicted molar refractivity (Wildman–Crippen MR) is 148 cm³/mol. The van der Waals surface area contributed by atoms with Crippen LogP contribution in [0.1, 0.15) is 11.1 Å². The number of rotatable bonds is 10. The zero-order chi connectivity index (χ0) is 25.5. The van der Waals surface area contributed by atoms with E-state index < -0.39 is 0 Å². The summed E-state index contributed by atoms with van der Waals surface area (Å²) in [7, 11) is 0. The number of hydrogen-bond donors (Lipinski definition) is 1. The molecule has 1 fully saturated rings. The Kier molecular flexibility index (Phi) is 8.48. The molecule has 5 rings (SSSR count). The second-order valence-corrected chi connectivity index (χ2v) is 10.1. The molecule has 0 radical (unpaired) electrons. The number of fused-ring (bicyclic) bond motifs is 1. The first kappa shape index (κ1) is 25.4. The van der Waals surface area contributed by atoms with Crippen LogP contribution < -0.4 is 4.74 Å². The quantitative estimate of drug-likeness (QED) is 0.328. The minimum Gasteiger partial charge on any atom is -0.483 e. The molecule has 6 nitrogen and oxygen atoms in total. The third kappa shape index (κ3) is 6.37. The Hall–Kier alpha value is -3.23. The molecule has 1 aromatic heterocycles. The van der Waals surface area contributed by atoms with Crippen LogP contribution in [0, 0.1) is 0 Å². The van der Waals surface area contributed by atoms with Crippen LogP contribution >= 0.6 is 11.3 Å². The normalized spacial score (nSPS) is 14.1. The van der Waals surface area contributed by atoms with Crippen LogP contribution in [0.15, 0.2) is 78.2 Å². The lowest BCUT2D eigenvalue weighted by Gasteiger charge is -2.28. The summed E-state index contributed by atoms with van der Waals surface area (Å²) in [5.74, 6) is 0.565. The van der Waals surface area contributed by atoms with Crippen molar-refractivity contribution in [2.45, 2.75) is 13.1 Å². The molecule has 4 aromatic rings. The molecule has 0 unspecified atom stereocenters. The van der Waals surface area contributed by atoms with Crippen LogP contribution in [0.25, 0.3) is 21.2 Å². The molecule has 37 heavy (non-hydrogen) atoms. The maximum absolute atomic E-state index is 13.1. The van der Waals surface area contributed by atoms with Gasteiger partial charge in [0, 0.05) is 53.9 Å². The summed E-state index contributed by atoms with van der Waals surface area (Å²) in [6.07, 6.45) is 0. The van der Waals surface area contributed by atoms with E-state index in [1.807, 2.05) is 36.4 Å². The number of carbonyl (C=O) groups excluding carboxylic acids is 1. The average molecular weight is 517 g/mol. The number of aliphatic hydroxyl groups excluding tert-OH is 1. The number of hydrogen-bond acceptors (Lipinski definition) is 6. The van der Waals surface area contributed by atoms with Gasteiger partial charge in [0.2, 0.25) is 0 Å². The number of nitrogens with zero attached hydrogens (tertiary/aromatic N) is 2. The smallest absolute Gasteiger partial charge is 0.260 e. The third-order valence-electron chi connectivity index (χ3n) is 6.64. The van der Waals surface area contributed by atoms with Gasteiger partial charge in [-0.25, -0.2) is 0 Å². The van der Waals surface area contributed by atoms with Crippen molar-refractivity contribution in [2.24, 2.45) is 0 Å². The van der Waals surface area contributed by atoms with Gasteiger partial charge < -0.3 is 19.5 Å². The molecular formula is C30H32N2O4S. The lowest BCUT2D eigenvalue weighted by atomic mass is 10.0. The number of ether oxygens (including phenoxy) is 2. The first-order valence-electron chi connectivity index (χ1n) is 12.7. The van der Waals surface area contributed by atoms with Crippen LogP contribution in [0.3, 0.4) is 0 Å². The number of aliphatic hydroxyl groups is 1. The minimum atomic E-state index is -0.150. The highest BCUT2D eigenvalue weighted by molar-refractivity contribution is 7.17.